The molecule has 0 saturated carbocycles. The molecule has 0 spiro atoms. The quantitative estimate of drug-likeness (QED) is 0.744. The molecule has 4 heteroatoms. The van der Waals surface area contributed by atoms with E-state index in [2.05, 4.69) is 12.2 Å². The normalized spacial score (nSPS) is 16.2. The zero-order valence-electron chi connectivity index (χ0n) is 9.19. The summed E-state index contributed by atoms with van der Waals surface area (Å²) in [6.07, 6.45) is 0.946. The predicted molar refractivity (Wildman–Crippen MR) is 61.2 cm³/mol. The number of benzene rings is 1. The smallest absolute Gasteiger partial charge is 0.246 e. The second-order valence-electron chi connectivity index (χ2n) is 3.85. The van der Waals surface area contributed by atoms with Gasteiger partial charge >= 0.3 is 0 Å². The molecule has 2 amide bonds. The molecule has 0 aromatic heterocycles. The van der Waals surface area contributed by atoms with Crippen molar-refractivity contribution in [2.45, 2.75) is 13.3 Å². The molecule has 16 heavy (non-hydrogen) atoms. The van der Waals surface area contributed by atoms with Crippen LogP contribution >= 0.6 is 0 Å². The summed E-state index contributed by atoms with van der Waals surface area (Å²) < 4.78 is 0. The zero-order valence-corrected chi connectivity index (χ0v) is 9.19. The lowest BCUT2D eigenvalue weighted by Gasteiger charge is -2.27. The van der Waals surface area contributed by atoms with Crippen molar-refractivity contribution in [3.8, 4) is 0 Å². The predicted octanol–water partition coefficient (Wildman–Crippen LogP) is 0.712. The molecule has 1 aliphatic rings. The molecule has 0 unspecified atom stereocenters. The molecule has 0 radical (unpaired) electrons. The Morgan fingerprint density at radius 3 is 2.56 bits per heavy atom. The topological polar surface area (TPSA) is 49.4 Å². The van der Waals surface area contributed by atoms with Crippen molar-refractivity contribution in [1.82, 2.24) is 5.32 Å². The average molecular weight is 218 g/mol. The van der Waals surface area contributed by atoms with E-state index in [9.17, 15) is 9.59 Å². The molecular weight excluding hydrogens is 204 g/mol. The van der Waals surface area contributed by atoms with Crippen molar-refractivity contribution in [1.29, 1.82) is 0 Å². The Kier molecular flexibility index (Phi) is 2.90. The van der Waals surface area contributed by atoms with E-state index in [0.717, 1.165) is 12.1 Å². The molecular formula is C12H14N2O2. The summed E-state index contributed by atoms with van der Waals surface area (Å²) in [6.45, 7) is 2.57. The second-order valence-corrected chi connectivity index (χ2v) is 3.85. The molecule has 1 aliphatic heterocycles. The number of carbonyl (C=O) groups excluding carboxylic acids is 2. The van der Waals surface area contributed by atoms with Gasteiger partial charge in [0.2, 0.25) is 11.8 Å². The maximum atomic E-state index is 11.2. The number of aryl methyl sites for hydroxylation is 1. The lowest BCUT2D eigenvalue weighted by molar-refractivity contribution is -0.130. The fourth-order valence-corrected chi connectivity index (χ4v) is 1.79. The van der Waals surface area contributed by atoms with Crippen LogP contribution in [0.25, 0.3) is 0 Å². The summed E-state index contributed by atoms with van der Waals surface area (Å²) in [5, 5.41) is 2.29. The van der Waals surface area contributed by atoms with Crippen molar-refractivity contribution in [2.75, 3.05) is 18.0 Å². The fraction of sp³-hybridized carbons (Fsp3) is 0.333. The monoisotopic (exact) mass is 218 g/mol. The van der Waals surface area contributed by atoms with E-state index in [1.165, 1.54) is 5.56 Å². The Morgan fingerprint density at radius 2 is 1.94 bits per heavy atom. The third kappa shape index (κ3) is 2.21. The first-order valence-corrected chi connectivity index (χ1v) is 5.35. The molecule has 0 bridgehead atoms. The maximum absolute atomic E-state index is 11.2. The van der Waals surface area contributed by atoms with Gasteiger partial charge in [-0.25, -0.2) is 0 Å². The largest absolute Gasteiger partial charge is 0.353 e. The minimum Gasteiger partial charge on any atom is -0.353 e. The van der Waals surface area contributed by atoms with E-state index in [0.29, 0.717) is 0 Å². The number of rotatable bonds is 2. The highest BCUT2D eigenvalue weighted by Crippen LogP contribution is 2.17. The number of imide groups is 1. The van der Waals surface area contributed by atoms with E-state index >= 15 is 0 Å². The van der Waals surface area contributed by atoms with Crippen LogP contribution in [0, 0.1) is 0 Å². The van der Waals surface area contributed by atoms with Crippen molar-refractivity contribution in [3.05, 3.63) is 29.8 Å². The molecule has 1 saturated heterocycles. The van der Waals surface area contributed by atoms with Crippen molar-refractivity contribution >= 4 is 17.5 Å². The van der Waals surface area contributed by atoms with Crippen LogP contribution in [0.3, 0.4) is 0 Å². The van der Waals surface area contributed by atoms with Gasteiger partial charge in [-0.05, 0) is 24.1 Å². The van der Waals surface area contributed by atoms with Gasteiger partial charge in [-0.1, -0.05) is 19.1 Å². The van der Waals surface area contributed by atoms with E-state index < -0.39 is 0 Å². The second kappa shape index (κ2) is 4.35. The fourth-order valence-electron chi connectivity index (χ4n) is 1.79. The highest BCUT2D eigenvalue weighted by atomic mass is 16.2. The number of amides is 2. The number of hydrogen-bond donors (Lipinski definition) is 1. The summed E-state index contributed by atoms with van der Waals surface area (Å²) in [5.41, 5.74) is 2.14. The number of hydrogen-bond acceptors (Lipinski definition) is 3. The number of nitrogens with zero attached hydrogens (tertiary/aromatic N) is 1. The average Bonchev–Trinajstić information content (AvgIpc) is 2.28. The van der Waals surface area contributed by atoms with Crippen LogP contribution in [-0.2, 0) is 16.0 Å². The maximum Gasteiger partial charge on any atom is 0.246 e. The Hall–Kier alpha value is -1.84. The first kappa shape index (κ1) is 10.7. The van der Waals surface area contributed by atoms with Gasteiger partial charge in [0.15, 0.2) is 0 Å². The number of anilines is 1. The molecule has 1 heterocycles. The van der Waals surface area contributed by atoms with E-state index in [1.54, 1.807) is 4.90 Å². The summed E-state index contributed by atoms with van der Waals surface area (Å²) in [6, 6.07) is 7.93. The Labute approximate surface area is 94.2 Å². The van der Waals surface area contributed by atoms with Crippen LogP contribution in [-0.4, -0.2) is 24.9 Å². The lowest BCUT2D eigenvalue weighted by Crippen LogP contribution is -2.51. The lowest BCUT2D eigenvalue weighted by atomic mass is 10.1. The molecule has 1 N–H and O–H groups in total. The van der Waals surface area contributed by atoms with E-state index in [4.69, 9.17) is 0 Å². The third-order valence-electron chi connectivity index (χ3n) is 2.63. The molecule has 0 atom stereocenters. The van der Waals surface area contributed by atoms with Gasteiger partial charge in [-0.15, -0.1) is 0 Å². The molecule has 0 aliphatic carbocycles. The zero-order chi connectivity index (χ0) is 11.5. The third-order valence-corrected chi connectivity index (χ3v) is 2.63. The van der Waals surface area contributed by atoms with Crippen LogP contribution in [0.4, 0.5) is 5.69 Å². The number of piperazine rings is 1. The van der Waals surface area contributed by atoms with Crippen molar-refractivity contribution in [3.63, 3.8) is 0 Å². The van der Waals surface area contributed by atoms with Gasteiger partial charge in [0, 0.05) is 5.69 Å². The minimum atomic E-state index is -0.238. The van der Waals surface area contributed by atoms with Crippen molar-refractivity contribution in [2.24, 2.45) is 0 Å². The molecule has 1 aromatic rings. The summed E-state index contributed by atoms with van der Waals surface area (Å²) in [4.78, 5) is 24.3. The van der Waals surface area contributed by atoms with Crippen LogP contribution in [0.2, 0.25) is 0 Å². The van der Waals surface area contributed by atoms with Crippen LogP contribution in [0.1, 0.15) is 12.5 Å². The molecule has 1 aromatic carbocycles. The van der Waals surface area contributed by atoms with Gasteiger partial charge in [-0.2, -0.15) is 0 Å². The summed E-state index contributed by atoms with van der Waals surface area (Å²) >= 11 is 0. The highest BCUT2D eigenvalue weighted by Gasteiger charge is 2.22. The molecule has 2 rings (SSSR count). The van der Waals surface area contributed by atoms with Gasteiger partial charge in [0.25, 0.3) is 0 Å². The molecule has 84 valence electrons. The van der Waals surface area contributed by atoms with Gasteiger partial charge in [0.05, 0.1) is 13.1 Å². The first-order valence-electron chi connectivity index (χ1n) is 5.35. The standard InChI is InChI=1S/C12H14N2O2/c1-2-9-4-3-5-10(6-9)14-7-11(15)13-12(16)8-14/h3-6H,2,7-8H2,1H3,(H,13,15,16). The molecule has 1 fully saturated rings. The Bertz CT molecular complexity index is 413. The SMILES string of the molecule is CCc1cccc(N2CC(=O)NC(=O)C2)c1. The highest BCUT2D eigenvalue weighted by molar-refractivity contribution is 6.02. The Morgan fingerprint density at radius 1 is 1.25 bits per heavy atom. The van der Waals surface area contributed by atoms with E-state index in [-0.39, 0.29) is 24.9 Å². The summed E-state index contributed by atoms with van der Waals surface area (Å²) in [5.74, 6) is -0.476. The van der Waals surface area contributed by atoms with Crippen molar-refractivity contribution < 1.29 is 9.59 Å². The first-order chi connectivity index (χ1) is 7.69. The van der Waals surface area contributed by atoms with Gasteiger partial charge in [-0.3, -0.25) is 14.9 Å². The summed E-state index contributed by atoms with van der Waals surface area (Å²) in [7, 11) is 0. The van der Waals surface area contributed by atoms with Crippen LogP contribution in [0.15, 0.2) is 24.3 Å². The minimum absolute atomic E-state index is 0.238. The van der Waals surface area contributed by atoms with Crippen LogP contribution < -0.4 is 10.2 Å². The Balaban J connectivity index is 2.22. The number of nitrogens with one attached hydrogen (secondary N) is 1. The van der Waals surface area contributed by atoms with E-state index in [1.807, 2.05) is 24.3 Å². The van der Waals surface area contributed by atoms with Gasteiger partial charge < -0.3 is 4.90 Å². The van der Waals surface area contributed by atoms with Gasteiger partial charge in [0.1, 0.15) is 0 Å². The molecule has 4 nitrogen and oxygen atoms in total. The van der Waals surface area contributed by atoms with Crippen LogP contribution in [0.5, 0.6) is 0 Å². The number of carbonyl (C=O) groups is 2.